The van der Waals surface area contributed by atoms with E-state index in [1.54, 1.807) is 4.90 Å². The lowest BCUT2D eigenvalue weighted by Gasteiger charge is -2.29. The molecular formula is C20H26ClN3O+2. The van der Waals surface area contributed by atoms with Crippen molar-refractivity contribution in [2.45, 2.75) is 13.1 Å². The van der Waals surface area contributed by atoms with Gasteiger partial charge in [-0.25, -0.2) is 0 Å². The van der Waals surface area contributed by atoms with Crippen LogP contribution in [0.15, 0.2) is 54.6 Å². The molecule has 1 aliphatic rings. The second kappa shape index (κ2) is 8.99. The van der Waals surface area contributed by atoms with E-state index in [2.05, 4.69) is 17.4 Å². The van der Waals surface area contributed by atoms with Crippen molar-refractivity contribution in [1.82, 2.24) is 5.32 Å². The summed E-state index contributed by atoms with van der Waals surface area (Å²) in [5.41, 5.74) is 2.46. The molecule has 3 rings (SSSR count). The standard InChI is InChI=1S/C20H24ClN3O/c21-19-8-6-18(7-9-19)15-23-10-12-24(13-11-23)16-20(25)22-14-17-4-2-1-3-5-17/h1-9H,10-16H2,(H,22,25)/p+2. The van der Waals surface area contributed by atoms with Crippen molar-refractivity contribution < 1.29 is 14.6 Å². The van der Waals surface area contributed by atoms with Gasteiger partial charge >= 0.3 is 0 Å². The van der Waals surface area contributed by atoms with Crippen LogP contribution in [0.5, 0.6) is 0 Å². The van der Waals surface area contributed by atoms with Crippen LogP contribution in [0.4, 0.5) is 0 Å². The first kappa shape index (κ1) is 17.9. The maximum absolute atomic E-state index is 12.1. The van der Waals surface area contributed by atoms with E-state index in [0.717, 1.165) is 43.3 Å². The Kier molecular flexibility index (Phi) is 6.45. The van der Waals surface area contributed by atoms with E-state index in [4.69, 9.17) is 11.6 Å². The number of halogens is 1. The lowest BCUT2D eigenvalue weighted by Crippen LogP contribution is -3.28. The Morgan fingerprint density at radius 3 is 2.20 bits per heavy atom. The third-order valence-electron chi connectivity index (χ3n) is 4.77. The fraction of sp³-hybridized carbons (Fsp3) is 0.350. The number of carbonyl (C=O) groups excluding carboxylic acids is 1. The molecule has 1 aliphatic heterocycles. The number of piperazine rings is 1. The summed E-state index contributed by atoms with van der Waals surface area (Å²) in [6, 6.07) is 18.2. The molecule has 0 spiro atoms. The molecule has 0 bridgehead atoms. The number of hydrogen-bond donors (Lipinski definition) is 3. The van der Waals surface area contributed by atoms with Gasteiger partial charge in [0.2, 0.25) is 0 Å². The molecule has 0 unspecified atom stereocenters. The van der Waals surface area contributed by atoms with Crippen molar-refractivity contribution in [2.75, 3.05) is 32.7 Å². The summed E-state index contributed by atoms with van der Waals surface area (Å²) in [7, 11) is 0. The fourth-order valence-electron chi connectivity index (χ4n) is 3.29. The van der Waals surface area contributed by atoms with Gasteiger partial charge in [0.15, 0.2) is 6.54 Å². The van der Waals surface area contributed by atoms with Crippen LogP contribution >= 0.6 is 11.6 Å². The second-order valence-corrected chi connectivity index (χ2v) is 7.18. The molecule has 132 valence electrons. The highest BCUT2D eigenvalue weighted by Gasteiger charge is 2.24. The molecule has 1 fully saturated rings. The second-order valence-electron chi connectivity index (χ2n) is 6.74. The van der Waals surface area contributed by atoms with Crippen molar-refractivity contribution >= 4 is 17.5 Å². The zero-order valence-corrected chi connectivity index (χ0v) is 15.2. The van der Waals surface area contributed by atoms with E-state index in [-0.39, 0.29) is 5.91 Å². The molecule has 1 amide bonds. The molecule has 0 aromatic heterocycles. The average Bonchev–Trinajstić information content (AvgIpc) is 2.64. The van der Waals surface area contributed by atoms with Gasteiger partial charge in [0.1, 0.15) is 32.7 Å². The average molecular weight is 360 g/mol. The highest BCUT2D eigenvalue weighted by atomic mass is 35.5. The summed E-state index contributed by atoms with van der Waals surface area (Å²) in [5.74, 6) is 0.139. The lowest BCUT2D eigenvalue weighted by molar-refractivity contribution is -1.02. The molecule has 3 N–H and O–H groups in total. The summed E-state index contributed by atoms with van der Waals surface area (Å²) in [6.45, 7) is 6.50. The third kappa shape index (κ3) is 5.85. The summed E-state index contributed by atoms with van der Waals surface area (Å²) in [4.78, 5) is 15.1. The van der Waals surface area contributed by atoms with Crippen LogP contribution < -0.4 is 15.1 Å². The SMILES string of the molecule is O=C(C[NH+]1CC[NH+](Cc2ccc(Cl)cc2)CC1)NCc1ccccc1. The van der Waals surface area contributed by atoms with Crippen molar-refractivity contribution in [1.29, 1.82) is 0 Å². The van der Waals surface area contributed by atoms with Crippen LogP contribution in [-0.4, -0.2) is 38.6 Å². The molecule has 0 saturated carbocycles. The highest BCUT2D eigenvalue weighted by molar-refractivity contribution is 6.30. The fourth-order valence-corrected chi connectivity index (χ4v) is 3.41. The van der Waals surface area contributed by atoms with Crippen molar-refractivity contribution in [3.05, 3.63) is 70.7 Å². The molecule has 2 aromatic carbocycles. The Morgan fingerprint density at radius 1 is 0.880 bits per heavy atom. The van der Waals surface area contributed by atoms with Gasteiger partial charge < -0.3 is 15.1 Å². The van der Waals surface area contributed by atoms with Crippen LogP contribution in [0.2, 0.25) is 5.02 Å². The monoisotopic (exact) mass is 359 g/mol. The first-order valence-corrected chi connectivity index (χ1v) is 9.29. The number of quaternary nitrogens is 2. The zero-order chi connectivity index (χ0) is 17.5. The minimum absolute atomic E-state index is 0.139. The van der Waals surface area contributed by atoms with Gasteiger partial charge in [-0.3, -0.25) is 4.79 Å². The molecule has 0 aliphatic carbocycles. The van der Waals surface area contributed by atoms with Crippen LogP contribution in [0.1, 0.15) is 11.1 Å². The van der Waals surface area contributed by atoms with Gasteiger partial charge in [0, 0.05) is 17.1 Å². The summed E-state index contributed by atoms with van der Waals surface area (Å²) in [5, 5.41) is 3.81. The number of nitrogens with one attached hydrogen (secondary N) is 3. The number of benzene rings is 2. The predicted molar refractivity (Wildman–Crippen MR) is 99.7 cm³/mol. The van der Waals surface area contributed by atoms with Gasteiger partial charge in [0.25, 0.3) is 5.91 Å². The predicted octanol–water partition coefficient (Wildman–Crippen LogP) is -0.0602. The lowest BCUT2D eigenvalue weighted by atomic mass is 10.2. The quantitative estimate of drug-likeness (QED) is 0.664. The van der Waals surface area contributed by atoms with E-state index in [9.17, 15) is 4.79 Å². The minimum atomic E-state index is 0.139. The maximum Gasteiger partial charge on any atom is 0.275 e. The molecule has 0 atom stereocenters. The Labute approximate surface area is 154 Å². The van der Waals surface area contributed by atoms with Crippen molar-refractivity contribution in [2.24, 2.45) is 0 Å². The molecule has 25 heavy (non-hydrogen) atoms. The Balaban J connectivity index is 1.37. The summed E-state index contributed by atoms with van der Waals surface area (Å²) >= 11 is 5.94. The van der Waals surface area contributed by atoms with Crippen molar-refractivity contribution in [3.63, 3.8) is 0 Å². The number of amides is 1. The molecule has 1 saturated heterocycles. The van der Waals surface area contributed by atoms with E-state index < -0.39 is 0 Å². The molecule has 2 aromatic rings. The van der Waals surface area contributed by atoms with Crippen molar-refractivity contribution in [3.8, 4) is 0 Å². The van der Waals surface area contributed by atoms with Crippen LogP contribution in [0, 0.1) is 0 Å². The first-order valence-electron chi connectivity index (χ1n) is 8.91. The topological polar surface area (TPSA) is 38.0 Å². The van der Waals surface area contributed by atoms with Gasteiger partial charge in [0.05, 0.1) is 0 Å². The maximum atomic E-state index is 12.1. The molecule has 5 heteroatoms. The van der Waals surface area contributed by atoms with Crippen LogP contribution in [0.25, 0.3) is 0 Å². The molecule has 4 nitrogen and oxygen atoms in total. The van der Waals surface area contributed by atoms with Crippen LogP contribution in [0.3, 0.4) is 0 Å². The van der Waals surface area contributed by atoms with Gasteiger partial charge in [-0.1, -0.05) is 54.1 Å². The van der Waals surface area contributed by atoms with Gasteiger partial charge in [-0.05, 0) is 17.7 Å². The minimum Gasteiger partial charge on any atom is -0.347 e. The zero-order valence-electron chi connectivity index (χ0n) is 14.4. The molecule has 0 radical (unpaired) electrons. The van der Waals surface area contributed by atoms with Gasteiger partial charge in [-0.2, -0.15) is 0 Å². The highest BCUT2D eigenvalue weighted by Crippen LogP contribution is 2.08. The molecule has 1 heterocycles. The summed E-state index contributed by atoms with van der Waals surface area (Å²) in [6.07, 6.45) is 0. The Morgan fingerprint density at radius 2 is 1.52 bits per heavy atom. The van der Waals surface area contributed by atoms with Crippen LogP contribution in [-0.2, 0) is 17.9 Å². The Bertz CT molecular complexity index is 667. The summed E-state index contributed by atoms with van der Waals surface area (Å²) < 4.78 is 0. The van der Waals surface area contributed by atoms with E-state index in [0.29, 0.717) is 13.1 Å². The Hall–Kier alpha value is -1.88. The molecular weight excluding hydrogens is 334 g/mol. The smallest absolute Gasteiger partial charge is 0.275 e. The number of hydrogen-bond acceptors (Lipinski definition) is 1. The largest absolute Gasteiger partial charge is 0.347 e. The first-order chi connectivity index (χ1) is 12.2. The van der Waals surface area contributed by atoms with E-state index in [1.807, 2.05) is 42.5 Å². The number of rotatable bonds is 6. The van der Waals surface area contributed by atoms with Gasteiger partial charge in [-0.15, -0.1) is 0 Å². The number of carbonyl (C=O) groups is 1. The van der Waals surface area contributed by atoms with E-state index >= 15 is 0 Å². The van der Waals surface area contributed by atoms with E-state index in [1.165, 1.54) is 10.5 Å². The third-order valence-corrected chi connectivity index (χ3v) is 5.03. The normalized spacial score (nSPS) is 20.2.